The van der Waals surface area contributed by atoms with Crippen molar-refractivity contribution in [2.45, 2.75) is 62.2 Å². The van der Waals surface area contributed by atoms with Gasteiger partial charge in [-0.05, 0) is 62.6 Å². The van der Waals surface area contributed by atoms with Crippen LogP contribution in [0.2, 0.25) is 5.02 Å². The highest BCUT2D eigenvalue weighted by Gasteiger charge is 2.49. The largest absolute Gasteiger partial charge is 0.461 e. The van der Waals surface area contributed by atoms with E-state index in [1.54, 1.807) is 12.4 Å². The lowest BCUT2D eigenvalue weighted by molar-refractivity contribution is 0.0865. The number of hydrogen-bond donors (Lipinski definition) is 2. The fourth-order valence-corrected chi connectivity index (χ4v) is 8.97. The van der Waals surface area contributed by atoms with Gasteiger partial charge in [-0.15, -0.1) is 0 Å². The number of fused-ring (bicyclic) bond motifs is 7. The van der Waals surface area contributed by atoms with Crippen molar-refractivity contribution in [3.63, 3.8) is 0 Å². The molecule has 2 N–H and O–H groups in total. The van der Waals surface area contributed by atoms with Gasteiger partial charge in [0.05, 0.1) is 48.0 Å². The van der Waals surface area contributed by atoms with Crippen LogP contribution in [0.5, 0.6) is 6.01 Å². The van der Waals surface area contributed by atoms with Crippen molar-refractivity contribution in [3.05, 3.63) is 34.9 Å². The molecular weight excluding hydrogens is 658 g/mol. The quantitative estimate of drug-likeness (QED) is 0.297. The van der Waals surface area contributed by atoms with E-state index in [2.05, 4.69) is 25.4 Å². The number of hydrogen-bond acceptors (Lipinski definition) is 10. The predicted octanol–water partition coefficient (Wildman–Crippen LogP) is 5.14. The first-order chi connectivity index (χ1) is 23.7. The molecule has 3 unspecified atom stereocenters. The topological polar surface area (TPSA) is 131 Å². The molecule has 1 saturated carbocycles. The molecule has 1 amide bonds. The van der Waals surface area contributed by atoms with Gasteiger partial charge in [-0.25, -0.2) is 13.6 Å². The number of aromatic amines is 1. The molecule has 15 heteroatoms. The molecule has 5 aliphatic heterocycles. The van der Waals surface area contributed by atoms with Crippen LogP contribution in [0.1, 0.15) is 50.5 Å². The van der Waals surface area contributed by atoms with Crippen molar-refractivity contribution in [3.8, 4) is 17.3 Å². The molecule has 4 fully saturated rings. The number of benzene rings is 1. The molecule has 1 aromatic carbocycles. The number of ether oxygens (including phenoxy) is 3. The minimum absolute atomic E-state index is 0.0127. The number of carbonyl (C=O) groups excluding carboxylic acids is 1. The molecule has 3 aromatic heterocycles. The molecule has 0 radical (unpaired) electrons. The van der Waals surface area contributed by atoms with Gasteiger partial charge in [0.2, 0.25) is 0 Å². The molecule has 8 heterocycles. The van der Waals surface area contributed by atoms with Crippen LogP contribution in [0, 0.1) is 11.7 Å². The first kappa shape index (κ1) is 31.1. The number of amides is 1. The fourth-order valence-electron chi connectivity index (χ4n) is 8.62. The molecule has 3 saturated heterocycles. The second kappa shape index (κ2) is 11.6. The second-order valence-corrected chi connectivity index (χ2v) is 14.9. The zero-order valence-electron chi connectivity index (χ0n) is 27.1. The number of nitrogens with one attached hydrogen (secondary N) is 2. The maximum absolute atomic E-state index is 17.3. The summed E-state index contributed by atoms with van der Waals surface area (Å²) < 4.78 is 49.8. The average Bonchev–Trinajstić information content (AvgIpc) is 3.37. The summed E-state index contributed by atoms with van der Waals surface area (Å²) in [5.74, 6) is -0.0380. The summed E-state index contributed by atoms with van der Waals surface area (Å²) in [5, 5.41) is 11.8. The van der Waals surface area contributed by atoms with E-state index >= 15 is 4.39 Å². The van der Waals surface area contributed by atoms with Crippen LogP contribution >= 0.6 is 11.6 Å². The number of alkyl carbamates (subject to hydrolysis) is 1. The highest BCUT2D eigenvalue weighted by atomic mass is 35.5. The van der Waals surface area contributed by atoms with E-state index in [1.165, 1.54) is 0 Å². The molecule has 49 heavy (non-hydrogen) atoms. The number of aromatic nitrogens is 5. The number of anilines is 1. The molecule has 6 aliphatic rings. The van der Waals surface area contributed by atoms with Crippen LogP contribution in [-0.2, 0) is 9.47 Å². The van der Waals surface area contributed by atoms with Crippen molar-refractivity contribution in [1.82, 2.24) is 35.4 Å². The van der Waals surface area contributed by atoms with Gasteiger partial charge < -0.3 is 24.4 Å². The minimum atomic E-state index is -0.925. The summed E-state index contributed by atoms with van der Waals surface area (Å²) in [6.07, 6.45) is 5.36. The summed E-state index contributed by atoms with van der Waals surface area (Å²) in [6, 6.07) is 1.80. The molecule has 4 aromatic rings. The fraction of sp³-hybridized carbons (Fsp3) is 0.559. The zero-order valence-corrected chi connectivity index (χ0v) is 27.9. The maximum atomic E-state index is 17.3. The number of alkyl halides is 1. The van der Waals surface area contributed by atoms with Crippen LogP contribution in [0.4, 0.5) is 19.4 Å². The van der Waals surface area contributed by atoms with Gasteiger partial charge in [-0.2, -0.15) is 15.1 Å². The van der Waals surface area contributed by atoms with E-state index in [9.17, 15) is 9.18 Å². The molecule has 6 bridgehead atoms. The first-order valence-corrected chi connectivity index (χ1v) is 17.4. The van der Waals surface area contributed by atoms with Crippen LogP contribution in [-0.4, -0.2) is 106 Å². The Morgan fingerprint density at radius 1 is 1.20 bits per heavy atom. The number of pyridine rings is 1. The van der Waals surface area contributed by atoms with Crippen molar-refractivity contribution in [2.75, 3.05) is 57.5 Å². The van der Waals surface area contributed by atoms with Gasteiger partial charge in [0.25, 0.3) is 0 Å². The standard InChI is InChI=1S/C34H37ClF2N8O4/c1-33-15-44(6-8-47-16-33)30-22-12-38-29(27(37)28(22)40-31(41-30)49-17-34-4-2-5-45(34)14-19(36)11-34)26-21-13-39-43-24(21)10-23(35)25(26)20-9-18(20)3-7-48-32(46)42-33/h10,12-13,18-20H,2-9,11,14-17H2,1H3,(H,39,43)(H,42,46)/t18?,19-,20?,33?,34+/m1/s1. The molecule has 10 rings (SSSR count). The van der Waals surface area contributed by atoms with Gasteiger partial charge in [0.15, 0.2) is 5.82 Å². The van der Waals surface area contributed by atoms with E-state index in [4.69, 9.17) is 35.8 Å². The van der Waals surface area contributed by atoms with Crippen molar-refractivity contribution < 1.29 is 27.8 Å². The number of H-pyrrole nitrogens is 1. The normalized spacial score (nSPS) is 30.1. The Hall–Kier alpha value is -3.88. The summed E-state index contributed by atoms with van der Waals surface area (Å²) in [5.41, 5.74) is 0.851. The molecule has 258 valence electrons. The summed E-state index contributed by atoms with van der Waals surface area (Å²) in [7, 11) is 0. The maximum Gasteiger partial charge on any atom is 0.407 e. The Bertz CT molecular complexity index is 1980. The van der Waals surface area contributed by atoms with Crippen molar-refractivity contribution in [2.24, 2.45) is 5.92 Å². The van der Waals surface area contributed by atoms with Crippen LogP contribution in [0.25, 0.3) is 33.1 Å². The lowest BCUT2D eigenvalue weighted by atomic mass is 9.94. The average molecular weight is 695 g/mol. The molecule has 0 spiro atoms. The molecule has 1 aliphatic carbocycles. The number of carbonyl (C=O) groups is 1. The molecule has 5 atom stereocenters. The van der Waals surface area contributed by atoms with Crippen molar-refractivity contribution >= 4 is 45.3 Å². The van der Waals surface area contributed by atoms with Gasteiger partial charge in [0, 0.05) is 48.2 Å². The highest BCUT2D eigenvalue weighted by Crippen LogP contribution is 2.56. The lowest BCUT2D eigenvalue weighted by Gasteiger charge is -2.33. The Balaban J connectivity index is 1.22. The Kier molecular flexibility index (Phi) is 7.36. The molecular formula is C34H37ClF2N8O4. The first-order valence-electron chi connectivity index (χ1n) is 17.0. The second-order valence-electron chi connectivity index (χ2n) is 14.5. The zero-order chi connectivity index (χ0) is 33.5. The minimum Gasteiger partial charge on any atom is -0.461 e. The summed E-state index contributed by atoms with van der Waals surface area (Å²) in [6.45, 7) is 4.75. The Morgan fingerprint density at radius 3 is 3.00 bits per heavy atom. The van der Waals surface area contributed by atoms with Crippen LogP contribution < -0.4 is 15.0 Å². The molecule has 12 nitrogen and oxygen atoms in total. The third-order valence-electron chi connectivity index (χ3n) is 11.0. The Morgan fingerprint density at radius 2 is 2.10 bits per heavy atom. The lowest BCUT2D eigenvalue weighted by Crippen LogP contribution is -2.55. The summed E-state index contributed by atoms with van der Waals surface area (Å²) >= 11 is 6.94. The predicted molar refractivity (Wildman–Crippen MR) is 177 cm³/mol. The number of halogens is 3. The van der Waals surface area contributed by atoms with E-state index < -0.39 is 29.2 Å². The van der Waals surface area contributed by atoms with Gasteiger partial charge >= 0.3 is 12.1 Å². The third kappa shape index (κ3) is 5.34. The van der Waals surface area contributed by atoms with Gasteiger partial charge in [-0.3, -0.25) is 15.0 Å². The third-order valence-corrected chi connectivity index (χ3v) is 11.3. The van der Waals surface area contributed by atoms with Gasteiger partial charge in [-0.1, -0.05) is 11.6 Å². The van der Waals surface area contributed by atoms with E-state index in [0.717, 1.165) is 31.4 Å². The monoisotopic (exact) mass is 694 g/mol. The highest BCUT2D eigenvalue weighted by molar-refractivity contribution is 6.33. The Labute approximate surface area is 285 Å². The number of rotatable bonds is 3. The van der Waals surface area contributed by atoms with Crippen LogP contribution in [0.15, 0.2) is 18.5 Å². The van der Waals surface area contributed by atoms with Crippen LogP contribution in [0.3, 0.4) is 0 Å². The SMILES string of the molecule is CC12COCCN(C1)c1nc(OC[C@@]34CCCN3C[C@H](F)C4)nc3c(F)c(ncc13)-c1c(c(Cl)cc3[nH]ncc13)C1CC1CCOC(=O)N2. The van der Waals surface area contributed by atoms with E-state index in [-0.39, 0.29) is 55.4 Å². The van der Waals surface area contributed by atoms with E-state index in [1.807, 2.05) is 17.9 Å². The number of nitrogens with zero attached hydrogens (tertiary/aromatic N) is 6. The smallest absolute Gasteiger partial charge is 0.407 e. The van der Waals surface area contributed by atoms with E-state index in [0.29, 0.717) is 65.2 Å². The van der Waals surface area contributed by atoms with Crippen molar-refractivity contribution in [1.29, 1.82) is 0 Å². The van der Waals surface area contributed by atoms with Gasteiger partial charge in [0.1, 0.15) is 29.8 Å². The summed E-state index contributed by atoms with van der Waals surface area (Å²) in [4.78, 5) is 31.4.